The second-order valence-corrected chi connectivity index (χ2v) is 4.06. The SMILES string of the molecule is Cc1cc(O)c(C)c(SC(F)(F)F)c1. The van der Waals surface area contributed by atoms with Gasteiger partial charge in [0.25, 0.3) is 0 Å². The minimum absolute atomic E-state index is 0.0509. The fraction of sp³-hybridized carbons (Fsp3) is 0.333. The summed E-state index contributed by atoms with van der Waals surface area (Å²) >= 11 is -0.204. The molecule has 0 spiro atoms. The second-order valence-electron chi connectivity index (χ2n) is 2.95. The highest BCUT2D eigenvalue weighted by Crippen LogP contribution is 2.40. The van der Waals surface area contributed by atoms with E-state index in [1.807, 2.05) is 0 Å². The van der Waals surface area contributed by atoms with Crippen LogP contribution in [-0.4, -0.2) is 10.6 Å². The van der Waals surface area contributed by atoms with E-state index >= 15 is 0 Å². The average molecular weight is 222 g/mol. The zero-order valence-corrected chi connectivity index (χ0v) is 8.46. The molecule has 0 saturated heterocycles. The summed E-state index contributed by atoms with van der Waals surface area (Å²) in [7, 11) is 0. The standard InChI is InChI=1S/C9H9F3OS/c1-5-3-7(13)6(2)8(4-5)14-9(10,11)12/h3-4,13H,1-2H3. The van der Waals surface area contributed by atoms with Gasteiger partial charge < -0.3 is 5.11 Å². The van der Waals surface area contributed by atoms with E-state index in [1.165, 1.54) is 19.1 Å². The summed E-state index contributed by atoms with van der Waals surface area (Å²) < 4.78 is 36.2. The molecule has 0 saturated carbocycles. The Hall–Kier alpha value is -0.840. The van der Waals surface area contributed by atoms with Crippen LogP contribution in [0.1, 0.15) is 11.1 Å². The first-order valence-corrected chi connectivity index (χ1v) is 4.67. The van der Waals surface area contributed by atoms with Crippen LogP contribution in [0, 0.1) is 13.8 Å². The molecule has 0 heterocycles. The minimum atomic E-state index is -4.31. The lowest BCUT2D eigenvalue weighted by Gasteiger charge is -2.10. The van der Waals surface area contributed by atoms with E-state index in [1.54, 1.807) is 6.92 Å². The number of alkyl halides is 3. The monoisotopic (exact) mass is 222 g/mol. The maximum atomic E-state index is 12.1. The Morgan fingerprint density at radius 1 is 1.21 bits per heavy atom. The number of phenolic OH excluding ortho intramolecular Hbond substituents is 1. The predicted molar refractivity (Wildman–Crippen MR) is 49.5 cm³/mol. The van der Waals surface area contributed by atoms with E-state index in [9.17, 15) is 18.3 Å². The first kappa shape index (κ1) is 11.2. The van der Waals surface area contributed by atoms with Gasteiger partial charge in [-0.15, -0.1) is 0 Å². The van der Waals surface area contributed by atoms with Crippen LogP contribution >= 0.6 is 11.8 Å². The number of thioether (sulfide) groups is 1. The average Bonchev–Trinajstić information content (AvgIpc) is 1.96. The summed E-state index contributed by atoms with van der Waals surface area (Å²) in [5.74, 6) is -0.100. The van der Waals surface area contributed by atoms with E-state index in [-0.39, 0.29) is 28.0 Å². The van der Waals surface area contributed by atoms with Crippen molar-refractivity contribution in [1.29, 1.82) is 0 Å². The van der Waals surface area contributed by atoms with Crippen molar-refractivity contribution in [3.63, 3.8) is 0 Å². The summed E-state index contributed by atoms with van der Waals surface area (Å²) in [6.45, 7) is 3.10. The highest BCUT2D eigenvalue weighted by molar-refractivity contribution is 8.00. The molecule has 1 nitrogen and oxygen atoms in total. The van der Waals surface area contributed by atoms with Crippen LogP contribution in [0.5, 0.6) is 5.75 Å². The Morgan fingerprint density at radius 2 is 1.79 bits per heavy atom. The molecular weight excluding hydrogens is 213 g/mol. The number of benzene rings is 1. The van der Waals surface area contributed by atoms with Gasteiger partial charge in [-0.25, -0.2) is 0 Å². The Kier molecular flexibility index (Phi) is 2.99. The minimum Gasteiger partial charge on any atom is -0.508 e. The van der Waals surface area contributed by atoms with Gasteiger partial charge in [0.05, 0.1) is 0 Å². The van der Waals surface area contributed by atoms with E-state index in [4.69, 9.17) is 0 Å². The van der Waals surface area contributed by atoms with Gasteiger partial charge in [0, 0.05) is 10.5 Å². The molecule has 1 aromatic carbocycles. The Bertz CT molecular complexity index is 347. The number of halogens is 3. The van der Waals surface area contributed by atoms with Crippen LogP contribution in [0.25, 0.3) is 0 Å². The second kappa shape index (κ2) is 3.73. The number of rotatable bonds is 1. The zero-order valence-electron chi connectivity index (χ0n) is 7.64. The third kappa shape index (κ3) is 2.83. The van der Waals surface area contributed by atoms with Gasteiger partial charge in [0.1, 0.15) is 5.75 Å². The van der Waals surface area contributed by atoms with E-state index < -0.39 is 5.51 Å². The van der Waals surface area contributed by atoms with Crippen molar-refractivity contribution >= 4 is 11.8 Å². The molecule has 0 aliphatic heterocycles. The number of phenols is 1. The van der Waals surface area contributed by atoms with Crippen molar-refractivity contribution in [2.75, 3.05) is 0 Å². The normalized spacial score (nSPS) is 11.8. The third-order valence-electron chi connectivity index (χ3n) is 1.70. The van der Waals surface area contributed by atoms with Gasteiger partial charge in [-0.1, -0.05) is 0 Å². The third-order valence-corrected chi connectivity index (χ3v) is 2.58. The smallest absolute Gasteiger partial charge is 0.446 e. The van der Waals surface area contributed by atoms with Crippen molar-refractivity contribution in [3.8, 4) is 5.75 Å². The molecule has 1 rings (SSSR count). The van der Waals surface area contributed by atoms with Crippen LogP contribution in [0.3, 0.4) is 0 Å². The van der Waals surface area contributed by atoms with Crippen LogP contribution in [0.2, 0.25) is 0 Å². The quantitative estimate of drug-likeness (QED) is 0.732. The topological polar surface area (TPSA) is 20.2 Å². The predicted octanol–water partition coefficient (Wildman–Crippen LogP) is 3.62. The van der Waals surface area contributed by atoms with Crippen molar-refractivity contribution in [1.82, 2.24) is 0 Å². The van der Waals surface area contributed by atoms with Gasteiger partial charge in [-0.3, -0.25) is 0 Å². The van der Waals surface area contributed by atoms with Crippen LogP contribution < -0.4 is 0 Å². The molecule has 0 aliphatic carbocycles. The highest BCUT2D eigenvalue weighted by atomic mass is 32.2. The highest BCUT2D eigenvalue weighted by Gasteiger charge is 2.30. The first-order valence-electron chi connectivity index (χ1n) is 3.85. The van der Waals surface area contributed by atoms with Gasteiger partial charge >= 0.3 is 5.51 Å². The van der Waals surface area contributed by atoms with Crippen LogP contribution in [0.15, 0.2) is 17.0 Å². The van der Waals surface area contributed by atoms with Gasteiger partial charge in [-0.2, -0.15) is 13.2 Å². The summed E-state index contributed by atoms with van der Waals surface area (Å²) in [4.78, 5) is 0.0509. The van der Waals surface area contributed by atoms with Crippen LogP contribution in [-0.2, 0) is 0 Å². The van der Waals surface area contributed by atoms with Gasteiger partial charge in [-0.05, 0) is 43.3 Å². The van der Waals surface area contributed by atoms with Gasteiger partial charge in [0.2, 0.25) is 0 Å². The number of hydrogen-bond acceptors (Lipinski definition) is 2. The molecular formula is C9H9F3OS. The molecule has 5 heteroatoms. The van der Waals surface area contributed by atoms with Crippen molar-refractivity contribution in [2.45, 2.75) is 24.3 Å². The molecule has 1 aromatic rings. The Labute approximate surface area is 83.9 Å². The summed E-state index contributed by atoms with van der Waals surface area (Å²) in [5, 5.41) is 9.30. The first-order chi connectivity index (χ1) is 6.29. The molecule has 0 unspecified atom stereocenters. The molecule has 1 N–H and O–H groups in total. The van der Waals surface area contributed by atoms with Gasteiger partial charge in [0.15, 0.2) is 0 Å². The lowest BCUT2D eigenvalue weighted by atomic mass is 10.1. The number of aromatic hydroxyl groups is 1. The maximum Gasteiger partial charge on any atom is 0.446 e. The molecule has 0 aliphatic rings. The van der Waals surface area contributed by atoms with Crippen LogP contribution in [0.4, 0.5) is 13.2 Å². The zero-order chi connectivity index (χ0) is 10.9. The lowest BCUT2D eigenvalue weighted by molar-refractivity contribution is -0.0328. The van der Waals surface area contributed by atoms with E-state index in [0.29, 0.717) is 5.56 Å². The molecule has 0 bridgehead atoms. The summed E-state index contributed by atoms with van der Waals surface area (Å²) in [6, 6.07) is 2.85. The molecule has 0 amide bonds. The molecule has 0 atom stereocenters. The molecule has 14 heavy (non-hydrogen) atoms. The summed E-state index contributed by atoms with van der Waals surface area (Å²) in [5.41, 5.74) is -3.44. The summed E-state index contributed by atoms with van der Waals surface area (Å²) in [6.07, 6.45) is 0. The Balaban J connectivity index is 3.09. The fourth-order valence-electron chi connectivity index (χ4n) is 1.04. The Morgan fingerprint density at radius 3 is 2.29 bits per heavy atom. The molecule has 0 radical (unpaired) electrons. The largest absolute Gasteiger partial charge is 0.508 e. The van der Waals surface area contributed by atoms with E-state index in [2.05, 4.69) is 0 Å². The number of hydrogen-bond donors (Lipinski definition) is 1. The molecule has 78 valence electrons. The lowest BCUT2D eigenvalue weighted by Crippen LogP contribution is -2.00. The van der Waals surface area contributed by atoms with Crippen molar-refractivity contribution in [3.05, 3.63) is 23.3 Å². The molecule has 0 fully saturated rings. The number of aryl methyl sites for hydroxylation is 1. The van der Waals surface area contributed by atoms with Crippen molar-refractivity contribution in [2.24, 2.45) is 0 Å². The molecule has 0 aromatic heterocycles. The maximum absolute atomic E-state index is 12.1. The fourth-order valence-corrected chi connectivity index (χ4v) is 1.79. The van der Waals surface area contributed by atoms with E-state index in [0.717, 1.165) is 0 Å². The van der Waals surface area contributed by atoms with Crippen molar-refractivity contribution < 1.29 is 18.3 Å².